The van der Waals surface area contributed by atoms with Gasteiger partial charge in [0, 0.05) is 13.0 Å². The van der Waals surface area contributed by atoms with Crippen LogP contribution in [0.2, 0.25) is 0 Å². The number of piperidine rings is 1. The maximum absolute atomic E-state index is 13.1. The summed E-state index contributed by atoms with van der Waals surface area (Å²) in [5, 5.41) is 11.2. The fourth-order valence-electron chi connectivity index (χ4n) is 4.73. The number of rotatable bonds is 1. The maximum Gasteiger partial charge on any atom is 0.323 e. The molecule has 3 rings (SSSR count). The highest BCUT2D eigenvalue weighted by Gasteiger charge is 2.51. The van der Waals surface area contributed by atoms with Crippen LogP contribution in [0.5, 0.6) is 0 Å². The quantitative estimate of drug-likeness (QED) is 0.678. The van der Waals surface area contributed by atoms with E-state index in [1.807, 2.05) is 11.8 Å². The van der Waals surface area contributed by atoms with Crippen LogP contribution in [-0.2, 0) is 23.8 Å². The monoisotopic (exact) mass is 397 g/mol. The number of Topliss-reactive ketones (excluding diaryl/α,β-unsaturated/α-hetero) is 1. The van der Waals surface area contributed by atoms with Crippen LogP contribution in [0, 0.1) is 5.92 Å². The van der Waals surface area contributed by atoms with Gasteiger partial charge >= 0.3 is 5.97 Å². The molecule has 0 saturated carbocycles. The molecule has 160 valence electrons. The van der Waals surface area contributed by atoms with Gasteiger partial charge in [0.05, 0.1) is 25.4 Å². The van der Waals surface area contributed by atoms with E-state index < -0.39 is 11.8 Å². The molecule has 0 aromatic heterocycles. The Morgan fingerprint density at radius 1 is 1.11 bits per heavy atom. The van der Waals surface area contributed by atoms with Crippen LogP contribution in [-0.4, -0.2) is 72.6 Å². The first kappa shape index (κ1) is 21.7. The molecule has 0 aromatic rings. The predicted molar refractivity (Wildman–Crippen MR) is 103 cm³/mol. The van der Waals surface area contributed by atoms with Crippen molar-refractivity contribution in [3.63, 3.8) is 0 Å². The van der Waals surface area contributed by atoms with Crippen molar-refractivity contribution in [2.24, 2.45) is 5.92 Å². The van der Waals surface area contributed by atoms with E-state index >= 15 is 0 Å². The second kappa shape index (κ2) is 9.65. The second-order valence-electron chi connectivity index (χ2n) is 8.54. The fraction of sp³-hybridized carbons (Fsp3) is 0.905. The smallest absolute Gasteiger partial charge is 0.323 e. The van der Waals surface area contributed by atoms with E-state index in [9.17, 15) is 14.7 Å². The van der Waals surface area contributed by atoms with Gasteiger partial charge in [-0.1, -0.05) is 32.6 Å². The molecule has 3 fully saturated rings. The zero-order valence-corrected chi connectivity index (χ0v) is 17.2. The van der Waals surface area contributed by atoms with Gasteiger partial charge in [0.15, 0.2) is 0 Å². The molecule has 28 heavy (non-hydrogen) atoms. The highest BCUT2D eigenvalue weighted by Crippen LogP contribution is 2.37. The first-order chi connectivity index (χ1) is 13.5. The second-order valence-corrected chi connectivity index (χ2v) is 8.54. The molecule has 0 amide bonds. The third-order valence-electron chi connectivity index (χ3n) is 6.56. The Morgan fingerprint density at radius 3 is 2.64 bits per heavy atom. The summed E-state index contributed by atoms with van der Waals surface area (Å²) in [6, 6.07) is -0.409. The minimum atomic E-state index is -1.83. The molecule has 7 nitrogen and oxygen atoms in total. The molecule has 3 aliphatic rings. The molecule has 0 spiro atoms. The molecule has 3 aliphatic heterocycles. The zero-order valence-electron chi connectivity index (χ0n) is 17.2. The minimum Gasteiger partial charge on any atom is -0.465 e. The summed E-state index contributed by atoms with van der Waals surface area (Å²) in [6.45, 7) is 2.92. The number of ketones is 1. The Hall–Kier alpha value is -1.02. The highest BCUT2D eigenvalue weighted by atomic mass is 16.7. The zero-order chi connectivity index (χ0) is 20.1. The van der Waals surface area contributed by atoms with Crippen LogP contribution in [0.1, 0.15) is 64.7 Å². The summed E-state index contributed by atoms with van der Waals surface area (Å²) >= 11 is 0. The lowest BCUT2D eigenvalue weighted by atomic mass is 9.84. The third-order valence-corrected chi connectivity index (χ3v) is 6.56. The van der Waals surface area contributed by atoms with E-state index in [1.165, 1.54) is 0 Å². The van der Waals surface area contributed by atoms with E-state index in [0.29, 0.717) is 26.0 Å². The summed E-state index contributed by atoms with van der Waals surface area (Å²) in [7, 11) is 1.66. The number of hydrogen-bond donors (Lipinski definition) is 1. The van der Waals surface area contributed by atoms with Gasteiger partial charge in [0.1, 0.15) is 6.04 Å². The number of esters is 1. The van der Waals surface area contributed by atoms with Gasteiger partial charge in [-0.2, -0.15) is 0 Å². The van der Waals surface area contributed by atoms with Gasteiger partial charge in [0.25, 0.3) is 0 Å². The lowest BCUT2D eigenvalue weighted by Crippen LogP contribution is -2.60. The molecular formula is C21H35NO6. The van der Waals surface area contributed by atoms with Crippen molar-refractivity contribution < 1.29 is 28.9 Å². The Kier molecular flexibility index (Phi) is 7.48. The molecule has 3 heterocycles. The Labute approximate surface area is 167 Å². The topological polar surface area (TPSA) is 85.3 Å². The molecule has 3 saturated heterocycles. The predicted octanol–water partition coefficient (Wildman–Crippen LogP) is 2.05. The molecule has 0 aliphatic carbocycles. The van der Waals surface area contributed by atoms with Gasteiger partial charge in [-0.3, -0.25) is 14.5 Å². The number of methoxy groups -OCH3 is 1. The highest BCUT2D eigenvalue weighted by molar-refractivity contribution is 5.88. The summed E-state index contributed by atoms with van der Waals surface area (Å²) in [6.07, 6.45) is 7.21. The van der Waals surface area contributed by atoms with Crippen molar-refractivity contribution in [3.05, 3.63) is 0 Å². The number of cyclic esters (lactones) is 1. The molecule has 1 N–H and O–H groups in total. The average Bonchev–Trinajstić information content (AvgIpc) is 2.69. The van der Waals surface area contributed by atoms with Crippen molar-refractivity contribution in [1.29, 1.82) is 0 Å². The van der Waals surface area contributed by atoms with Gasteiger partial charge < -0.3 is 19.3 Å². The number of nitrogens with zero attached hydrogens (tertiary/aromatic N) is 1. The van der Waals surface area contributed by atoms with Crippen LogP contribution in [0.25, 0.3) is 0 Å². The van der Waals surface area contributed by atoms with Crippen LogP contribution in [0.15, 0.2) is 0 Å². The van der Waals surface area contributed by atoms with E-state index in [2.05, 4.69) is 0 Å². The summed E-state index contributed by atoms with van der Waals surface area (Å²) in [5.41, 5.74) is 0. The van der Waals surface area contributed by atoms with Gasteiger partial charge in [-0.15, -0.1) is 0 Å². The van der Waals surface area contributed by atoms with Gasteiger partial charge in [-0.25, -0.2) is 0 Å². The molecule has 0 unspecified atom stereocenters. The molecule has 0 radical (unpaired) electrons. The van der Waals surface area contributed by atoms with Gasteiger partial charge in [0.2, 0.25) is 11.6 Å². The van der Waals surface area contributed by atoms with Crippen molar-refractivity contribution in [2.45, 2.75) is 88.7 Å². The van der Waals surface area contributed by atoms with Crippen LogP contribution in [0.3, 0.4) is 0 Å². The Balaban J connectivity index is 1.81. The average molecular weight is 398 g/mol. The standard InChI is InChI=1S/C21H35NO6/c1-15-13-18(26-2)17-10-5-3-4-8-12-27-20(24)16-9-6-7-11-22(16)14-19(23)21(15,25)28-17/h15-18,25H,3-14H2,1-2H3/t15-,16+,17-,18+,21-/m1/s1. The SMILES string of the molecule is CO[C@H]1C[C@@H](C)[C@@]2(O)O[C@@H]1CCCCCCOC(=O)[C@@H]1CCCCN1CC2=O. The molecule has 2 bridgehead atoms. The lowest BCUT2D eigenvalue weighted by molar-refractivity contribution is -0.288. The fourth-order valence-corrected chi connectivity index (χ4v) is 4.73. The first-order valence-corrected chi connectivity index (χ1v) is 10.8. The number of hydrogen-bond acceptors (Lipinski definition) is 7. The Morgan fingerprint density at radius 2 is 1.86 bits per heavy atom. The van der Waals surface area contributed by atoms with Gasteiger partial charge in [-0.05, 0) is 38.6 Å². The minimum absolute atomic E-state index is 0.00494. The van der Waals surface area contributed by atoms with Crippen LogP contribution < -0.4 is 0 Å². The molecular weight excluding hydrogens is 362 g/mol. The number of carbonyl (C=O) groups excluding carboxylic acids is 2. The summed E-state index contributed by atoms with van der Waals surface area (Å²) < 4.78 is 17.1. The number of carbonyl (C=O) groups is 2. The molecule has 7 heteroatoms. The van der Waals surface area contributed by atoms with E-state index in [1.54, 1.807) is 7.11 Å². The van der Waals surface area contributed by atoms with Crippen LogP contribution >= 0.6 is 0 Å². The van der Waals surface area contributed by atoms with E-state index in [4.69, 9.17) is 14.2 Å². The van der Waals surface area contributed by atoms with Crippen molar-refractivity contribution in [3.8, 4) is 0 Å². The molecule has 0 aromatic carbocycles. The lowest BCUT2D eigenvalue weighted by Gasteiger charge is -2.45. The van der Waals surface area contributed by atoms with E-state index in [-0.39, 0.29) is 36.4 Å². The first-order valence-electron chi connectivity index (χ1n) is 10.8. The normalized spacial score (nSPS) is 39.4. The number of fused-ring (bicyclic) bond motifs is 3. The maximum atomic E-state index is 13.1. The summed E-state index contributed by atoms with van der Waals surface area (Å²) in [4.78, 5) is 27.5. The largest absolute Gasteiger partial charge is 0.465 e. The summed E-state index contributed by atoms with van der Waals surface area (Å²) in [5.74, 6) is -2.81. The van der Waals surface area contributed by atoms with Crippen LogP contribution in [0.4, 0.5) is 0 Å². The number of aliphatic hydroxyl groups is 1. The van der Waals surface area contributed by atoms with Crippen molar-refractivity contribution in [2.75, 3.05) is 26.8 Å². The number of ether oxygens (including phenoxy) is 3. The van der Waals surface area contributed by atoms with Crippen molar-refractivity contribution >= 4 is 11.8 Å². The third kappa shape index (κ3) is 4.75. The molecule has 5 atom stereocenters. The van der Waals surface area contributed by atoms with E-state index in [0.717, 1.165) is 44.9 Å². The Bertz CT molecular complexity index is 555. The van der Waals surface area contributed by atoms with Crippen molar-refractivity contribution in [1.82, 2.24) is 4.90 Å².